The number of hydrogen-bond donors (Lipinski definition) is 0. The molecule has 1 aromatic carbocycles. The SMILES string of the molecule is O=C(c1cccc(Cl)c1)N1CC2(C[C@H](OCc3ccccn3)CS2)C1. The molecule has 4 nitrogen and oxygen atoms in total. The van der Waals surface area contributed by atoms with Crippen molar-refractivity contribution < 1.29 is 9.53 Å². The van der Waals surface area contributed by atoms with Crippen LogP contribution < -0.4 is 0 Å². The van der Waals surface area contributed by atoms with Gasteiger partial charge in [0, 0.05) is 35.6 Å². The molecule has 2 aromatic rings. The van der Waals surface area contributed by atoms with E-state index in [1.165, 1.54) is 0 Å². The molecule has 1 spiro atoms. The molecular formula is C19H19ClN2O2S. The van der Waals surface area contributed by atoms with Crippen LogP contribution in [0.3, 0.4) is 0 Å². The molecule has 2 saturated heterocycles. The summed E-state index contributed by atoms with van der Waals surface area (Å²) in [6.07, 6.45) is 3.01. The third-order valence-corrected chi connectivity index (χ3v) is 6.50. The Morgan fingerprint density at radius 1 is 1.32 bits per heavy atom. The van der Waals surface area contributed by atoms with E-state index in [0.29, 0.717) is 17.2 Å². The quantitative estimate of drug-likeness (QED) is 0.819. The molecule has 1 aromatic heterocycles. The molecule has 4 rings (SSSR count). The average Bonchev–Trinajstić information content (AvgIpc) is 3.04. The molecule has 0 radical (unpaired) electrons. The highest BCUT2D eigenvalue weighted by atomic mass is 35.5. The monoisotopic (exact) mass is 374 g/mol. The molecule has 130 valence electrons. The summed E-state index contributed by atoms with van der Waals surface area (Å²) in [5, 5.41) is 0.597. The molecule has 0 N–H and O–H groups in total. The summed E-state index contributed by atoms with van der Waals surface area (Å²) in [5.41, 5.74) is 1.62. The van der Waals surface area contributed by atoms with Gasteiger partial charge in [0.05, 0.1) is 23.2 Å². The van der Waals surface area contributed by atoms with Crippen molar-refractivity contribution in [1.29, 1.82) is 0 Å². The maximum atomic E-state index is 12.5. The van der Waals surface area contributed by atoms with Crippen molar-refractivity contribution in [2.75, 3.05) is 18.8 Å². The zero-order valence-electron chi connectivity index (χ0n) is 13.7. The second-order valence-corrected chi connectivity index (χ2v) is 8.55. The minimum Gasteiger partial charge on any atom is -0.371 e. The number of carbonyl (C=O) groups excluding carboxylic acids is 1. The first-order valence-corrected chi connectivity index (χ1v) is 9.70. The Balaban J connectivity index is 1.29. The summed E-state index contributed by atoms with van der Waals surface area (Å²) in [7, 11) is 0. The lowest BCUT2D eigenvalue weighted by Gasteiger charge is -2.47. The molecule has 1 atom stereocenters. The Bertz CT molecular complexity index is 765. The minimum atomic E-state index is 0.0616. The van der Waals surface area contributed by atoms with Crippen molar-refractivity contribution in [2.24, 2.45) is 0 Å². The van der Waals surface area contributed by atoms with Crippen LogP contribution in [0.2, 0.25) is 5.02 Å². The summed E-state index contributed by atoms with van der Waals surface area (Å²) >= 11 is 7.91. The summed E-state index contributed by atoms with van der Waals surface area (Å²) in [6, 6.07) is 13.0. The first-order chi connectivity index (χ1) is 12.1. The molecular weight excluding hydrogens is 356 g/mol. The Morgan fingerprint density at radius 2 is 2.20 bits per heavy atom. The second kappa shape index (κ2) is 6.98. The van der Waals surface area contributed by atoms with E-state index in [-0.39, 0.29) is 16.8 Å². The van der Waals surface area contributed by atoms with Gasteiger partial charge in [-0.25, -0.2) is 0 Å². The summed E-state index contributed by atoms with van der Waals surface area (Å²) in [5.74, 6) is 1.04. The maximum Gasteiger partial charge on any atom is 0.254 e. The molecule has 2 aliphatic rings. The number of pyridine rings is 1. The first-order valence-electron chi connectivity index (χ1n) is 8.34. The topological polar surface area (TPSA) is 42.4 Å². The zero-order valence-corrected chi connectivity index (χ0v) is 15.3. The van der Waals surface area contributed by atoms with Gasteiger partial charge in [-0.1, -0.05) is 23.7 Å². The fraction of sp³-hybridized carbons (Fsp3) is 0.368. The van der Waals surface area contributed by atoms with Gasteiger partial charge >= 0.3 is 0 Å². The van der Waals surface area contributed by atoms with Crippen LogP contribution in [0.15, 0.2) is 48.7 Å². The van der Waals surface area contributed by atoms with E-state index >= 15 is 0 Å². The van der Waals surface area contributed by atoms with Crippen LogP contribution in [-0.4, -0.2) is 45.5 Å². The van der Waals surface area contributed by atoms with Crippen LogP contribution in [0.4, 0.5) is 0 Å². The molecule has 6 heteroatoms. The summed E-state index contributed by atoms with van der Waals surface area (Å²) < 4.78 is 6.17. The van der Waals surface area contributed by atoms with E-state index in [0.717, 1.165) is 31.0 Å². The number of thioether (sulfide) groups is 1. The lowest BCUT2D eigenvalue weighted by atomic mass is 9.92. The highest BCUT2D eigenvalue weighted by molar-refractivity contribution is 8.01. The van der Waals surface area contributed by atoms with Crippen molar-refractivity contribution >= 4 is 29.3 Å². The van der Waals surface area contributed by atoms with Crippen LogP contribution in [-0.2, 0) is 11.3 Å². The number of hydrogen-bond acceptors (Lipinski definition) is 4. The summed E-state index contributed by atoms with van der Waals surface area (Å²) in [6.45, 7) is 2.12. The molecule has 25 heavy (non-hydrogen) atoms. The number of likely N-dealkylation sites (tertiary alicyclic amines) is 1. The third kappa shape index (κ3) is 3.68. The van der Waals surface area contributed by atoms with Crippen molar-refractivity contribution in [3.05, 3.63) is 64.9 Å². The number of nitrogens with zero attached hydrogens (tertiary/aromatic N) is 2. The van der Waals surface area contributed by atoms with Crippen molar-refractivity contribution in [3.63, 3.8) is 0 Å². The number of aromatic nitrogens is 1. The normalized spacial score (nSPS) is 21.3. The fourth-order valence-electron chi connectivity index (χ4n) is 3.41. The second-order valence-electron chi connectivity index (χ2n) is 6.62. The van der Waals surface area contributed by atoms with Gasteiger partial charge in [0.2, 0.25) is 0 Å². The van der Waals surface area contributed by atoms with E-state index in [1.54, 1.807) is 18.3 Å². The van der Waals surface area contributed by atoms with Crippen LogP contribution in [0.1, 0.15) is 22.5 Å². The van der Waals surface area contributed by atoms with E-state index in [4.69, 9.17) is 16.3 Å². The Kier molecular flexibility index (Phi) is 4.71. The van der Waals surface area contributed by atoms with Crippen LogP contribution >= 0.6 is 23.4 Å². The molecule has 0 saturated carbocycles. The highest BCUT2D eigenvalue weighted by Crippen LogP contribution is 2.46. The molecule has 2 aliphatic heterocycles. The standard InChI is InChI=1S/C19H19ClN2O2S/c20-15-5-3-4-14(8-15)18(23)22-12-19(13-22)9-17(11-25-19)24-10-16-6-1-2-7-21-16/h1-8,17H,9-13H2/t17-/m0/s1. The summed E-state index contributed by atoms with van der Waals surface area (Å²) in [4.78, 5) is 18.7. The van der Waals surface area contributed by atoms with Crippen LogP contribution in [0.5, 0.6) is 0 Å². The van der Waals surface area contributed by atoms with Gasteiger partial charge in [-0.05, 0) is 36.8 Å². The third-order valence-electron chi connectivity index (χ3n) is 4.68. The maximum absolute atomic E-state index is 12.5. The minimum absolute atomic E-state index is 0.0616. The van der Waals surface area contributed by atoms with Crippen molar-refractivity contribution in [1.82, 2.24) is 9.88 Å². The van der Waals surface area contributed by atoms with Crippen molar-refractivity contribution in [2.45, 2.75) is 23.9 Å². The Labute approximate surface area is 156 Å². The van der Waals surface area contributed by atoms with Gasteiger partial charge in [-0.15, -0.1) is 11.8 Å². The zero-order chi connectivity index (χ0) is 17.3. The highest BCUT2D eigenvalue weighted by Gasteiger charge is 2.51. The number of amides is 1. The number of benzene rings is 1. The van der Waals surface area contributed by atoms with E-state index in [2.05, 4.69) is 4.98 Å². The number of ether oxygens (including phenoxy) is 1. The molecule has 3 heterocycles. The first kappa shape index (κ1) is 16.9. The molecule has 2 fully saturated rings. The van der Waals surface area contributed by atoms with Crippen LogP contribution in [0, 0.1) is 0 Å². The van der Waals surface area contributed by atoms with Gasteiger partial charge in [0.1, 0.15) is 0 Å². The van der Waals surface area contributed by atoms with Gasteiger partial charge < -0.3 is 9.64 Å². The van der Waals surface area contributed by atoms with Crippen molar-refractivity contribution in [3.8, 4) is 0 Å². The van der Waals surface area contributed by atoms with Gasteiger partial charge in [-0.2, -0.15) is 0 Å². The molecule has 0 aliphatic carbocycles. The largest absolute Gasteiger partial charge is 0.371 e. The Morgan fingerprint density at radius 3 is 2.96 bits per heavy atom. The van der Waals surface area contributed by atoms with Gasteiger partial charge in [-0.3, -0.25) is 9.78 Å². The molecule has 0 unspecified atom stereocenters. The fourth-order valence-corrected chi connectivity index (χ4v) is 5.16. The van der Waals surface area contributed by atoms with E-state index in [9.17, 15) is 4.79 Å². The van der Waals surface area contributed by atoms with Gasteiger partial charge in [0.25, 0.3) is 5.91 Å². The number of carbonyl (C=O) groups is 1. The number of rotatable bonds is 4. The average molecular weight is 375 g/mol. The molecule has 1 amide bonds. The van der Waals surface area contributed by atoms with E-state index in [1.807, 2.05) is 47.0 Å². The smallest absolute Gasteiger partial charge is 0.254 e. The lowest BCUT2D eigenvalue weighted by Crippen LogP contribution is -2.60. The van der Waals surface area contributed by atoms with E-state index < -0.39 is 0 Å². The Hall–Kier alpha value is -1.56. The predicted molar refractivity (Wildman–Crippen MR) is 100.0 cm³/mol. The number of halogens is 1. The molecule has 0 bridgehead atoms. The predicted octanol–water partition coefficient (Wildman–Crippen LogP) is 3.65. The van der Waals surface area contributed by atoms with Gasteiger partial charge in [0.15, 0.2) is 0 Å². The lowest BCUT2D eigenvalue weighted by molar-refractivity contribution is 0.0245. The van der Waals surface area contributed by atoms with Crippen LogP contribution in [0.25, 0.3) is 0 Å².